The fourth-order valence-electron chi connectivity index (χ4n) is 1.82. The largest absolute Gasteiger partial charge is 0.496 e. The molecule has 0 saturated heterocycles. The summed E-state index contributed by atoms with van der Waals surface area (Å²) in [5.41, 5.74) is 6.33. The fourth-order valence-corrected chi connectivity index (χ4v) is 1.82. The highest BCUT2D eigenvalue weighted by Crippen LogP contribution is 2.26. The van der Waals surface area contributed by atoms with Crippen molar-refractivity contribution in [1.82, 2.24) is 5.43 Å². The number of hydrazine groups is 1. The predicted molar refractivity (Wildman–Crippen MR) is 71.8 cm³/mol. The Bertz CT molecular complexity index is 388. The molecule has 17 heavy (non-hydrogen) atoms. The molecule has 1 atom stereocenters. The maximum absolute atomic E-state index is 5.61. The van der Waals surface area contributed by atoms with Gasteiger partial charge in [-0.1, -0.05) is 31.2 Å². The van der Waals surface area contributed by atoms with Crippen molar-refractivity contribution < 1.29 is 4.74 Å². The molecule has 0 saturated carbocycles. The number of rotatable bonds is 6. The zero-order valence-corrected chi connectivity index (χ0v) is 10.9. The minimum absolute atomic E-state index is 0.118. The Morgan fingerprint density at radius 3 is 2.71 bits per heavy atom. The van der Waals surface area contributed by atoms with Crippen molar-refractivity contribution in [2.45, 2.75) is 32.7 Å². The van der Waals surface area contributed by atoms with Crippen LogP contribution in [0.15, 0.2) is 30.4 Å². The predicted octanol–water partition coefficient (Wildman–Crippen LogP) is 2.86. The van der Waals surface area contributed by atoms with Crippen molar-refractivity contribution in [2.75, 3.05) is 7.11 Å². The summed E-state index contributed by atoms with van der Waals surface area (Å²) in [6.07, 6.45) is 1.84. The van der Waals surface area contributed by atoms with Crippen LogP contribution < -0.4 is 16.0 Å². The maximum Gasteiger partial charge on any atom is 0.121 e. The van der Waals surface area contributed by atoms with Gasteiger partial charge in [0.2, 0.25) is 0 Å². The van der Waals surface area contributed by atoms with Crippen LogP contribution in [-0.4, -0.2) is 7.11 Å². The van der Waals surface area contributed by atoms with E-state index in [4.69, 9.17) is 10.6 Å². The van der Waals surface area contributed by atoms with E-state index in [-0.39, 0.29) is 6.04 Å². The van der Waals surface area contributed by atoms with Crippen molar-refractivity contribution in [3.8, 4) is 5.75 Å². The van der Waals surface area contributed by atoms with Gasteiger partial charge in [-0.2, -0.15) is 0 Å². The standard InChI is InChI=1S/C14H22N2O/c1-5-10(2)8-13(16-15)12-6-7-14(17-4)11(3)9-12/h6-7,9,13,16H,2,5,8,15H2,1,3-4H3. The van der Waals surface area contributed by atoms with Gasteiger partial charge >= 0.3 is 0 Å². The first kappa shape index (κ1) is 13.7. The van der Waals surface area contributed by atoms with E-state index in [9.17, 15) is 0 Å². The van der Waals surface area contributed by atoms with Crippen LogP contribution in [0.1, 0.15) is 36.9 Å². The third-order valence-electron chi connectivity index (χ3n) is 3.02. The van der Waals surface area contributed by atoms with Crippen LogP contribution in [0.25, 0.3) is 0 Å². The second-order valence-electron chi connectivity index (χ2n) is 4.26. The van der Waals surface area contributed by atoms with Crippen LogP contribution in [0, 0.1) is 6.92 Å². The molecule has 0 aliphatic carbocycles. The molecule has 1 unspecified atom stereocenters. The van der Waals surface area contributed by atoms with Crippen molar-refractivity contribution in [1.29, 1.82) is 0 Å². The first-order chi connectivity index (χ1) is 8.12. The molecule has 0 spiro atoms. The van der Waals surface area contributed by atoms with Gasteiger partial charge in [0.25, 0.3) is 0 Å². The number of hydrogen-bond acceptors (Lipinski definition) is 3. The van der Waals surface area contributed by atoms with Gasteiger partial charge in [0.1, 0.15) is 5.75 Å². The molecule has 0 aliphatic heterocycles. The summed E-state index contributed by atoms with van der Waals surface area (Å²) < 4.78 is 5.25. The van der Waals surface area contributed by atoms with Gasteiger partial charge in [-0.3, -0.25) is 11.3 Å². The number of benzene rings is 1. The molecular weight excluding hydrogens is 212 g/mol. The van der Waals surface area contributed by atoms with E-state index >= 15 is 0 Å². The molecule has 0 radical (unpaired) electrons. The molecule has 0 fully saturated rings. The number of nitrogens with one attached hydrogen (secondary N) is 1. The summed E-state index contributed by atoms with van der Waals surface area (Å²) in [4.78, 5) is 0. The summed E-state index contributed by atoms with van der Waals surface area (Å²) in [5.74, 6) is 6.51. The molecule has 3 N–H and O–H groups in total. The molecule has 0 bridgehead atoms. The quantitative estimate of drug-likeness (QED) is 0.452. The van der Waals surface area contributed by atoms with Crippen LogP contribution in [0.4, 0.5) is 0 Å². The summed E-state index contributed by atoms with van der Waals surface area (Å²) >= 11 is 0. The Labute approximate surface area is 104 Å². The third-order valence-corrected chi connectivity index (χ3v) is 3.02. The van der Waals surface area contributed by atoms with Crippen molar-refractivity contribution in [3.63, 3.8) is 0 Å². The van der Waals surface area contributed by atoms with E-state index in [2.05, 4.69) is 25.0 Å². The summed E-state index contributed by atoms with van der Waals surface area (Å²) in [6, 6.07) is 6.24. The molecule has 0 heterocycles. The Kier molecular flexibility index (Phi) is 5.19. The van der Waals surface area contributed by atoms with Crippen molar-refractivity contribution in [2.24, 2.45) is 5.84 Å². The molecule has 94 valence electrons. The molecule has 3 nitrogen and oxygen atoms in total. The summed E-state index contributed by atoms with van der Waals surface area (Å²) in [6.45, 7) is 8.16. The molecule has 0 aliphatic rings. The van der Waals surface area contributed by atoms with E-state index in [1.54, 1.807) is 7.11 Å². The first-order valence-electron chi connectivity index (χ1n) is 5.89. The lowest BCUT2D eigenvalue weighted by Gasteiger charge is -2.18. The van der Waals surface area contributed by atoms with Crippen molar-refractivity contribution >= 4 is 0 Å². The summed E-state index contributed by atoms with van der Waals surface area (Å²) in [5, 5.41) is 0. The molecule has 1 aromatic rings. The van der Waals surface area contributed by atoms with Gasteiger partial charge in [-0.05, 0) is 37.0 Å². The number of nitrogens with two attached hydrogens (primary N) is 1. The van der Waals surface area contributed by atoms with Gasteiger partial charge in [-0.25, -0.2) is 0 Å². The fraction of sp³-hybridized carbons (Fsp3) is 0.429. The van der Waals surface area contributed by atoms with Crippen LogP contribution in [0.5, 0.6) is 5.75 Å². The van der Waals surface area contributed by atoms with Crippen LogP contribution >= 0.6 is 0 Å². The normalized spacial score (nSPS) is 12.2. The Morgan fingerprint density at radius 2 is 2.24 bits per heavy atom. The lowest BCUT2D eigenvalue weighted by atomic mass is 9.97. The second kappa shape index (κ2) is 6.42. The number of methoxy groups -OCH3 is 1. The smallest absolute Gasteiger partial charge is 0.121 e. The van der Waals surface area contributed by atoms with E-state index < -0.39 is 0 Å². The SMILES string of the molecule is C=C(CC)CC(NN)c1ccc(OC)c(C)c1. The second-order valence-corrected chi connectivity index (χ2v) is 4.26. The zero-order chi connectivity index (χ0) is 12.8. The van der Waals surface area contributed by atoms with Crippen LogP contribution in [0.2, 0.25) is 0 Å². The average molecular weight is 234 g/mol. The van der Waals surface area contributed by atoms with E-state index in [0.717, 1.165) is 24.2 Å². The topological polar surface area (TPSA) is 47.3 Å². The number of ether oxygens (including phenoxy) is 1. The van der Waals surface area contributed by atoms with Gasteiger partial charge in [0, 0.05) is 6.04 Å². The maximum atomic E-state index is 5.61. The third kappa shape index (κ3) is 3.58. The van der Waals surface area contributed by atoms with Crippen molar-refractivity contribution in [3.05, 3.63) is 41.5 Å². The lowest BCUT2D eigenvalue weighted by Crippen LogP contribution is -2.28. The average Bonchev–Trinajstić information content (AvgIpc) is 2.35. The lowest BCUT2D eigenvalue weighted by molar-refractivity contribution is 0.411. The highest BCUT2D eigenvalue weighted by atomic mass is 16.5. The van der Waals surface area contributed by atoms with Gasteiger partial charge in [0.15, 0.2) is 0 Å². The Morgan fingerprint density at radius 1 is 1.53 bits per heavy atom. The monoisotopic (exact) mass is 234 g/mol. The molecule has 0 aromatic heterocycles. The highest BCUT2D eigenvalue weighted by molar-refractivity contribution is 5.37. The molecule has 1 rings (SSSR count). The number of hydrogen-bond donors (Lipinski definition) is 2. The highest BCUT2D eigenvalue weighted by Gasteiger charge is 2.11. The molecule has 0 amide bonds. The Balaban J connectivity index is 2.88. The van der Waals surface area contributed by atoms with E-state index in [1.165, 1.54) is 11.1 Å². The van der Waals surface area contributed by atoms with Gasteiger partial charge in [0.05, 0.1) is 7.11 Å². The molecular formula is C14H22N2O. The van der Waals surface area contributed by atoms with E-state index in [1.807, 2.05) is 19.1 Å². The number of aryl methyl sites for hydroxylation is 1. The van der Waals surface area contributed by atoms with Gasteiger partial charge in [-0.15, -0.1) is 0 Å². The Hall–Kier alpha value is -1.32. The summed E-state index contributed by atoms with van der Waals surface area (Å²) in [7, 11) is 1.68. The minimum Gasteiger partial charge on any atom is -0.496 e. The van der Waals surface area contributed by atoms with Gasteiger partial charge < -0.3 is 4.74 Å². The molecule has 3 heteroatoms. The molecule has 1 aromatic carbocycles. The first-order valence-corrected chi connectivity index (χ1v) is 5.89. The van der Waals surface area contributed by atoms with Crippen LogP contribution in [-0.2, 0) is 0 Å². The zero-order valence-electron chi connectivity index (χ0n) is 10.9. The minimum atomic E-state index is 0.118. The van der Waals surface area contributed by atoms with E-state index in [0.29, 0.717) is 0 Å². The van der Waals surface area contributed by atoms with Crippen LogP contribution in [0.3, 0.4) is 0 Å².